The van der Waals surface area contributed by atoms with Gasteiger partial charge in [0.25, 0.3) is 0 Å². The van der Waals surface area contributed by atoms with Crippen molar-refractivity contribution in [2.24, 2.45) is 0 Å². The van der Waals surface area contributed by atoms with Gasteiger partial charge in [-0.15, -0.1) is 0 Å². The molecule has 1 unspecified atom stereocenters. The zero-order valence-corrected chi connectivity index (χ0v) is 10.7. The van der Waals surface area contributed by atoms with Crippen LogP contribution in [0.1, 0.15) is 24.1 Å². The van der Waals surface area contributed by atoms with E-state index in [0.717, 1.165) is 9.72 Å². The molecule has 1 saturated heterocycles. The standard InChI is InChI=1S/C11H14BrNS/c1-8-9(5-10(12)7-13-8)6-11-3-2-4-14-11/h5,7,11H,2-4,6H2,1H3. The van der Waals surface area contributed by atoms with E-state index >= 15 is 0 Å². The molecule has 1 aromatic heterocycles. The van der Waals surface area contributed by atoms with Gasteiger partial charge in [0.1, 0.15) is 0 Å². The highest BCUT2D eigenvalue weighted by atomic mass is 79.9. The second-order valence-corrected chi connectivity index (χ2v) is 6.06. The van der Waals surface area contributed by atoms with Crippen LogP contribution in [0.5, 0.6) is 0 Å². The summed E-state index contributed by atoms with van der Waals surface area (Å²) >= 11 is 5.59. The summed E-state index contributed by atoms with van der Waals surface area (Å²) in [4.78, 5) is 4.36. The number of hydrogen-bond acceptors (Lipinski definition) is 2. The van der Waals surface area contributed by atoms with E-state index in [1.165, 1.54) is 36.3 Å². The minimum atomic E-state index is 0.824. The van der Waals surface area contributed by atoms with Gasteiger partial charge in [0.15, 0.2) is 0 Å². The third-order valence-corrected chi connectivity index (χ3v) is 4.46. The summed E-state index contributed by atoms with van der Waals surface area (Å²) in [6.45, 7) is 2.10. The molecule has 2 heterocycles. The molecule has 14 heavy (non-hydrogen) atoms. The third kappa shape index (κ3) is 2.51. The summed E-state index contributed by atoms with van der Waals surface area (Å²) in [5.74, 6) is 1.34. The first kappa shape index (κ1) is 10.5. The number of aromatic nitrogens is 1. The molecule has 1 aliphatic rings. The number of halogens is 1. The lowest BCUT2D eigenvalue weighted by molar-refractivity contribution is 0.770. The third-order valence-electron chi connectivity index (χ3n) is 2.63. The van der Waals surface area contributed by atoms with Crippen molar-refractivity contribution in [3.05, 3.63) is 28.0 Å². The largest absolute Gasteiger partial charge is 0.260 e. The lowest BCUT2D eigenvalue weighted by atomic mass is 10.1. The molecule has 1 fully saturated rings. The maximum absolute atomic E-state index is 4.36. The van der Waals surface area contributed by atoms with Gasteiger partial charge in [0, 0.05) is 21.6 Å². The van der Waals surface area contributed by atoms with Crippen LogP contribution in [0, 0.1) is 6.92 Å². The molecule has 0 bridgehead atoms. The zero-order valence-electron chi connectivity index (χ0n) is 8.29. The van der Waals surface area contributed by atoms with Crippen LogP contribution in [-0.4, -0.2) is 16.0 Å². The highest BCUT2D eigenvalue weighted by Crippen LogP contribution is 2.30. The average molecular weight is 272 g/mol. The molecule has 2 rings (SSSR count). The molecule has 0 saturated carbocycles. The van der Waals surface area contributed by atoms with Gasteiger partial charge in [-0.1, -0.05) is 0 Å². The summed E-state index contributed by atoms with van der Waals surface area (Å²) in [6.07, 6.45) is 5.82. The molecule has 1 aromatic rings. The van der Waals surface area contributed by atoms with Gasteiger partial charge < -0.3 is 0 Å². The molecule has 1 aliphatic heterocycles. The van der Waals surface area contributed by atoms with Crippen LogP contribution in [0.15, 0.2) is 16.7 Å². The van der Waals surface area contributed by atoms with Crippen molar-refractivity contribution in [3.8, 4) is 0 Å². The van der Waals surface area contributed by atoms with Crippen LogP contribution >= 0.6 is 27.7 Å². The molecular formula is C11H14BrNS. The second kappa shape index (κ2) is 4.67. The normalized spacial score (nSPS) is 21.4. The van der Waals surface area contributed by atoms with Crippen molar-refractivity contribution in [1.82, 2.24) is 4.98 Å². The summed E-state index contributed by atoms with van der Waals surface area (Å²) < 4.78 is 1.10. The Bertz CT molecular complexity index is 321. The van der Waals surface area contributed by atoms with Crippen molar-refractivity contribution < 1.29 is 0 Å². The van der Waals surface area contributed by atoms with E-state index < -0.39 is 0 Å². The minimum absolute atomic E-state index is 0.824. The van der Waals surface area contributed by atoms with Crippen LogP contribution in [0.25, 0.3) is 0 Å². The Balaban J connectivity index is 2.10. The van der Waals surface area contributed by atoms with Gasteiger partial charge in [0.05, 0.1) is 0 Å². The van der Waals surface area contributed by atoms with Crippen LogP contribution in [0.4, 0.5) is 0 Å². The Labute approximate surface area is 97.8 Å². The van der Waals surface area contributed by atoms with E-state index in [1.807, 2.05) is 6.20 Å². The fourth-order valence-electron chi connectivity index (χ4n) is 1.81. The van der Waals surface area contributed by atoms with E-state index in [1.54, 1.807) is 0 Å². The molecule has 0 spiro atoms. The lowest BCUT2D eigenvalue weighted by Crippen LogP contribution is -2.04. The minimum Gasteiger partial charge on any atom is -0.260 e. The number of thioether (sulfide) groups is 1. The zero-order chi connectivity index (χ0) is 9.97. The maximum Gasteiger partial charge on any atom is 0.0413 e. The van der Waals surface area contributed by atoms with E-state index in [-0.39, 0.29) is 0 Å². The molecule has 1 nitrogen and oxygen atoms in total. The van der Waals surface area contributed by atoms with Crippen molar-refractivity contribution in [3.63, 3.8) is 0 Å². The molecule has 1 atom stereocenters. The molecule has 0 amide bonds. The first-order chi connectivity index (χ1) is 6.75. The van der Waals surface area contributed by atoms with Crippen molar-refractivity contribution in [1.29, 1.82) is 0 Å². The van der Waals surface area contributed by atoms with E-state index in [2.05, 4.69) is 45.7 Å². The van der Waals surface area contributed by atoms with Gasteiger partial charge in [-0.3, -0.25) is 4.98 Å². The van der Waals surface area contributed by atoms with Crippen LogP contribution in [0.2, 0.25) is 0 Å². The number of hydrogen-bond donors (Lipinski definition) is 0. The molecule has 0 N–H and O–H groups in total. The molecule has 0 aromatic carbocycles. The van der Waals surface area contributed by atoms with Crippen molar-refractivity contribution in [2.75, 3.05) is 5.75 Å². The predicted octanol–water partition coefficient (Wildman–Crippen LogP) is 3.59. The number of rotatable bonds is 2. The first-order valence-electron chi connectivity index (χ1n) is 4.98. The fourth-order valence-corrected chi connectivity index (χ4v) is 3.48. The number of aryl methyl sites for hydroxylation is 1. The number of nitrogens with zero attached hydrogens (tertiary/aromatic N) is 1. The van der Waals surface area contributed by atoms with Crippen LogP contribution in [-0.2, 0) is 6.42 Å². The number of pyridine rings is 1. The second-order valence-electron chi connectivity index (χ2n) is 3.74. The average Bonchev–Trinajstić information content (AvgIpc) is 2.64. The summed E-state index contributed by atoms with van der Waals surface area (Å²) in [5.41, 5.74) is 2.58. The lowest BCUT2D eigenvalue weighted by Gasteiger charge is -2.10. The highest BCUT2D eigenvalue weighted by Gasteiger charge is 2.17. The summed E-state index contributed by atoms with van der Waals surface area (Å²) in [7, 11) is 0. The van der Waals surface area contributed by atoms with Crippen LogP contribution < -0.4 is 0 Å². The fraction of sp³-hybridized carbons (Fsp3) is 0.545. The SMILES string of the molecule is Cc1ncc(Br)cc1CC1CCCS1. The van der Waals surface area contributed by atoms with E-state index in [0.29, 0.717) is 0 Å². The van der Waals surface area contributed by atoms with Gasteiger partial charge in [-0.05, 0) is 59.5 Å². The van der Waals surface area contributed by atoms with Gasteiger partial charge in [0.2, 0.25) is 0 Å². The molecule has 0 aliphatic carbocycles. The van der Waals surface area contributed by atoms with E-state index in [4.69, 9.17) is 0 Å². The van der Waals surface area contributed by atoms with Crippen molar-refractivity contribution in [2.45, 2.75) is 31.4 Å². The highest BCUT2D eigenvalue weighted by molar-refractivity contribution is 9.10. The van der Waals surface area contributed by atoms with E-state index in [9.17, 15) is 0 Å². The van der Waals surface area contributed by atoms with Crippen molar-refractivity contribution >= 4 is 27.7 Å². The Morgan fingerprint density at radius 3 is 3.21 bits per heavy atom. The first-order valence-corrected chi connectivity index (χ1v) is 6.82. The Kier molecular flexibility index (Phi) is 3.50. The summed E-state index contributed by atoms with van der Waals surface area (Å²) in [6, 6.07) is 2.21. The Hall–Kier alpha value is -0.0200. The summed E-state index contributed by atoms with van der Waals surface area (Å²) in [5, 5.41) is 0.824. The molecule has 76 valence electrons. The van der Waals surface area contributed by atoms with Gasteiger partial charge in [-0.25, -0.2) is 0 Å². The quantitative estimate of drug-likeness (QED) is 0.816. The van der Waals surface area contributed by atoms with Gasteiger partial charge in [-0.2, -0.15) is 11.8 Å². The topological polar surface area (TPSA) is 12.9 Å². The molecular weight excluding hydrogens is 258 g/mol. The Morgan fingerprint density at radius 1 is 1.64 bits per heavy atom. The smallest absolute Gasteiger partial charge is 0.0413 e. The Morgan fingerprint density at radius 2 is 2.50 bits per heavy atom. The van der Waals surface area contributed by atoms with Crippen LogP contribution in [0.3, 0.4) is 0 Å². The molecule has 3 heteroatoms. The predicted molar refractivity (Wildman–Crippen MR) is 65.9 cm³/mol. The van der Waals surface area contributed by atoms with Gasteiger partial charge >= 0.3 is 0 Å². The molecule has 0 radical (unpaired) electrons. The monoisotopic (exact) mass is 271 g/mol. The maximum atomic E-state index is 4.36.